The average Bonchev–Trinajstić information content (AvgIpc) is 2.30. The Morgan fingerprint density at radius 3 is 2.82 bits per heavy atom. The number of aryl methyl sites for hydroxylation is 1. The smallest absolute Gasteiger partial charge is 0.275 e. The van der Waals surface area contributed by atoms with Gasteiger partial charge in [0.25, 0.3) is 5.82 Å². The van der Waals surface area contributed by atoms with Crippen LogP contribution in [0.25, 0.3) is 0 Å². The highest BCUT2D eigenvalue weighted by atomic mass is 79.9. The second-order valence-corrected chi connectivity index (χ2v) is 4.77. The first-order valence-corrected chi connectivity index (χ1v) is 6.14. The van der Waals surface area contributed by atoms with Crippen LogP contribution in [0.5, 0.6) is 5.75 Å². The zero-order chi connectivity index (χ0) is 12.3. The largest absolute Gasteiger partial charge is 0.508 e. The maximum atomic E-state index is 9.64. The number of aromatic hydroxyl groups is 1. The summed E-state index contributed by atoms with van der Waals surface area (Å²) in [6.07, 6.45) is 1.88. The van der Waals surface area contributed by atoms with Crippen molar-refractivity contribution in [1.29, 1.82) is 0 Å². The molecule has 0 radical (unpaired) electrons. The molecular formula is C13H14BrN2O+. The van der Waals surface area contributed by atoms with E-state index in [1.54, 1.807) is 6.07 Å². The molecule has 0 fully saturated rings. The van der Waals surface area contributed by atoms with Crippen molar-refractivity contribution in [3.63, 3.8) is 0 Å². The van der Waals surface area contributed by atoms with Gasteiger partial charge >= 0.3 is 0 Å². The van der Waals surface area contributed by atoms with E-state index in [-0.39, 0.29) is 0 Å². The van der Waals surface area contributed by atoms with Gasteiger partial charge in [0.2, 0.25) is 0 Å². The van der Waals surface area contributed by atoms with Gasteiger partial charge in [-0.3, -0.25) is 5.32 Å². The van der Waals surface area contributed by atoms with E-state index < -0.39 is 0 Å². The summed E-state index contributed by atoms with van der Waals surface area (Å²) in [6, 6.07) is 9.35. The predicted molar refractivity (Wildman–Crippen MR) is 70.9 cm³/mol. The molecule has 0 aliphatic rings. The van der Waals surface area contributed by atoms with Crippen LogP contribution in [0.2, 0.25) is 0 Å². The lowest BCUT2D eigenvalue weighted by atomic mass is 10.2. The molecule has 0 saturated carbocycles. The van der Waals surface area contributed by atoms with E-state index in [9.17, 15) is 5.11 Å². The average molecular weight is 294 g/mol. The Labute approximate surface area is 109 Å². The normalized spacial score (nSPS) is 10.2. The van der Waals surface area contributed by atoms with Crippen LogP contribution in [0.1, 0.15) is 11.1 Å². The van der Waals surface area contributed by atoms with Gasteiger partial charge < -0.3 is 5.11 Å². The van der Waals surface area contributed by atoms with Crippen LogP contribution < -0.4 is 10.3 Å². The van der Waals surface area contributed by atoms with Crippen LogP contribution in [-0.4, -0.2) is 5.11 Å². The second-order valence-electron chi connectivity index (χ2n) is 3.86. The van der Waals surface area contributed by atoms with Gasteiger partial charge in [-0.25, -0.2) is 4.98 Å². The minimum atomic E-state index is 0.315. The molecule has 88 valence electrons. The van der Waals surface area contributed by atoms with Gasteiger partial charge in [-0.05, 0) is 35.0 Å². The lowest BCUT2D eigenvalue weighted by Gasteiger charge is -2.04. The van der Waals surface area contributed by atoms with Crippen molar-refractivity contribution in [3.8, 4) is 5.75 Å². The van der Waals surface area contributed by atoms with Crippen LogP contribution in [0, 0.1) is 6.92 Å². The maximum absolute atomic E-state index is 9.64. The summed E-state index contributed by atoms with van der Waals surface area (Å²) in [6.45, 7) is 2.61. The molecule has 3 nitrogen and oxygen atoms in total. The van der Waals surface area contributed by atoms with Gasteiger partial charge in [0.15, 0.2) is 0 Å². The van der Waals surface area contributed by atoms with Crippen molar-refractivity contribution >= 4 is 21.7 Å². The molecule has 4 heteroatoms. The third-order valence-corrected chi connectivity index (χ3v) is 3.01. The van der Waals surface area contributed by atoms with Crippen LogP contribution in [0.15, 0.2) is 41.0 Å². The Bertz CT molecular complexity index is 529. The summed E-state index contributed by atoms with van der Waals surface area (Å²) >= 11 is 3.40. The lowest BCUT2D eigenvalue weighted by Crippen LogP contribution is -2.14. The van der Waals surface area contributed by atoms with Gasteiger partial charge in [0, 0.05) is 11.1 Å². The molecule has 3 N–H and O–H groups in total. The first kappa shape index (κ1) is 11.9. The second kappa shape index (κ2) is 5.19. The summed E-state index contributed by atoms with van der Waals surface area (Å²) < 4.78 is 1.02. The topological polar surface area (TPSA) is 46.4 Å². The SMILES string of the molecule is Cc1cc(Br)c[nH+]c1NCc1ccccc1O. The zero-order valence-corrected chi connectivity index (χ0v) is 11.1. The minimum Gasteiger partial charge on any atom is -0.508 e. The quantitative estimate of drug-likeness (QED) is 0.914. The molecule has 0 spiro atoms. The molecule has 0 atom stereocenters. The molecule has 0 unspecified atom stereocenters. The third-order valence-electron chi connectivity index (χ3n) is 2.55. The predicted octanol–water partition coefficient (Wildman–Crippen LogP) is 2.89. The van der Waals surface area contributed by atoms with Crippen LogP contribution >= 0.6 is 15.9 Å². The van der Waals surface area contributed by atoms with E-state index in [1.807, 2.05) is 37.4 Å². The van der Waals surface area contributed by atoms with Gasteiger partial charge in [-0.1, -0.05) is 18.2 Å². The Morgan fingerprint density at radius 1 is 1.35 bits per heavy atom. The van der Waals surface area contributed by atoms with Crippen molar-refractivity contribution in [3.05, 3.63) is 52.1 Å². The van der Waals surface area contributed by atoms with Crippen molar-refractivity contribution in [2.45, 2.75) is 13.5 Å². The van der Waals surface area contributed by atoms with E-state index >= 15 is 0 Å². The first-order valence-electron chi connectivity index (χ1n) is 5.35. The van der Waals surface area contributed by atoms with Gasteiger partial charge in [-0.15, -0.1) is 0 Å². The van der Waals surface area contributed by atoms with Crippen molar-refractivity contribution in [1.82, 2.24) is 0 Å². The molecule has 1 aromatic heterocycles. The van der Waals surface area contributed by atoms with Crippen LogP contribution in [0.4, 0.5) is 5.82 Å². The van der Waals surface area contributed by atoms with Crippen LogP contribution in [-0.2, 0) is 6.54 Å². The highest BCUT2D eigenvalue weighted by Gasteiger charge is 2.08. The van der Waals surface area contributed by atoms with E-state index in [2.05, 4.69) is 26.2 Å². The van der Waals surface area contributed by atoms with Crippen molar-refractivity contribution < 1.29 is 10.1 Å². The zero-order valence-electron chi connectivity index (χ0n) is 9.50. The molecule has 0 aliphatic carbocycles. The standard InChI is InChI=1S/C13H13BrN2O/c1-9-6-11(14)8-16-13(9)15-7-10-4-2-3-5-12(10)17/h2-6,8,17H,7H2,1H3,(H,15,16)/p+1. The van der Waals surface area contributed by atoms with E-state index in [0.29, 0.717) is 12.3 Å². The number of nitrogens with one attached hydrogen (secondary N) is 2. The molecule has 1 aromatic carbocycles. The monoisotopic (exact) mass is 293 g/mol. The number of hydrogen-bond acceptors (Lipinski definition) is 2. The molecule has 0 aliphatic heterocycles. The fourth-order valence-electron chi connectivity index (χ4n) is 1.61. The molecule has 17 heavy (non-hydrogen) atoms. The summed E-state index contributed by atoms with van der Waals surface area (Å²) in [7, 11) is 0. The maximum Gasteiger partial charge on any atom is 0.275 e. The van der Waals surface area contributed by atoms with Gasteiger partial charge in [0.05, 0.1) is 4.47 Å². The number of aromatic nitrogens is 1. The van der Waals surface area contributed by atoms with E-state index in [1.165, 1.54) is 0 Å². The minimum absolute atomic E-state index is 0.315. The highest BCUT2D eigenvalue weighted by Crippen LogP contribution is 2.18. The molecule has 1 heterocycles. The van der Waals surface area contributed by atoms with Crippen LogP contribution in [0.3, 0.4) is 0 Å². The number of anilines is 1. The van der Waals surface area contributed by atoms with Gasteiger partial charge in [0.1, 0.15) is 18.5 Å². The molecule has 2 aromatic rings. The molecular weight excluding hydrogens is 280 g/mol. The van der Waals surface area contributed by atoms with E-state index in [0.717, 1.165) is 21.4 Å². The summed E-state index contributed by atoms with van der Waals surface area (Å²) in [4.78, 5) is 3.16. The molecule has 2 rings (SSSR count). The number of aromatic amines is 1. The first-order chi connectivity index (χ1) is 8.16. The Morgan fingerprint density at radius 2 is 2.12 bits per heavy atom. The summed E-state index contributed by atoms with van der Waals surface area (Å²) in [5.41, 5.74) is 2.00. The number of phenolic OH excluding ortho intramolecular Hbond substituents is 1. The number of para-hydroxylation sites is 1. The number of pyridine rings is 1. The number of H-pyrrole nitrogens is 1. The Kier molecular flexibility index (Phi) is 3.64. The summed E-state index contributed by atoms with van der Waals surface area (Å²) in [5, 5.41) is 12.9. The third kappa shape index (κ3) is 2.97. The number of halogens is 1. The Hall–Kier alpha value is -1.55. The molecule has 0 saturated heterocycles. The van der Waals surface area contributed by atoms with E-state index in [4.69, 9.17) is 0 Å². The number of phenols is 1. The highest BCUT2D eigenvalue weighted by molar-refractivity contribution is 9.10. The molecule has 0 amide bonds. The number of benzene rings is 1. The fourth-order valence-corrected chi connectivity index (χ4v) is 2.07. The number of hydrogen-bond donors (Lipinski definition) is 2. The lowest BCUT2D eigenvalue weighted by molar-refractivity contribution is -0.362. The Balaban J connectivity index is 2.10. The van der Waals surface area contributed by atoms with Crippen molar-refractivity contribution in [2.24, 2.45) is 0 Å². The summed E-state index contributed by atoms with van der Waals surface area (Å²) in [5.74, 6) is 1.27. The fraction of sp³-hybridized carbons (Fsp3) is 0.154. The number of rotatable bonds is 3. The molecule has 0 bridgehead atoms. The van der Waals surface area contributed by atoms with Gasteiger partial charge in [-0.2, -0.15) is 0 Å². The van der Waals surface area contributed by atoms with Crippen molar-refractivity contribution in [2.75, 3.05) is 5.32 Å².